The van der Waals surface area contributed by atoms with Crippen molar-refractivity contribution >= 4 is 44.9 Å². The number of hydrogen-bond donors (Lipinski definition) is 2. The van der Waals surface area contributed by atoms with E-state index < -0.39 is 11.9 Å². The lowest BCUT2D eigenvalue weighted by Crippen LogP contribution is -2.22. The summed E-state index contributed by atoms with van der Waals surface area (Å²) in [6, 6.07) is 7.43. The summed E-state index contributed by atoms with van der Waals surface area (Å²) in [6.07, 6.45) is 3.77. The van der Waals surface area contributed by atoms with E-state index in [1.165, 1.54) is 18.4 Å². The molecular formula is C24H27N3O4S. The Morgan fingerprint density at radius 2 is 1.94 bits per heavy atom. The van der Waals surface area contributed by atoms with Crippen LogP contribution in [0.25, 0.3) is 11.0 Å². The van der Waals surface area contributed by atoms with Gasteiger partial charge in [0.15, 0.2) is 0 Å². The fourth-order valence-electron chi connectivity index (χ4n) is 4.21. The van der Waals surface area contributed by atoms with Crippen LogP contribution in [-0.4, -0.2) is 32.1 Å². The number of esters is 1. The summed E-state index contributed by atoms with van der Waals surface area (Å²) in [5.74, 6) is -0.921. The highest BCUT2D eigenvalue weighted by Crippen LogP contribution is 2.38. The molecule has 0 saturated heterocycles. The molecule has 7 nitrogen and oxygen atoms in total. The van der Waals surface area contributed by atoms with E-state index in [1.807, 2.05) is 18.2 Å². The predicted octanol–water partition coefficient (Wildman–Crippen LogP) is 4.74. The first-order valence-corrected chi connectivity index (χ1v) is 11.7. The standard InChI is InChI=1S/C24H27N3O4S/c1-4-27(5-2)15-11-10-14-12-17(21(25)31-18(14)13-15)22(28)26-23-20(24(29)30-3)16-8-6-7-9-19(16)32-23/h10-13,25H,4-9H2,1-3H3,(H,26,28). The molecule has 4 rings (SSSR count). The number of rotatable bonds is 6. The van der Waals surface area contributed by atoms with Crippen LogP contribution < -0.4 is 15.8 Å². The van der Waals surface area contributed by atoms with E-state index in [0.29, 0.717) is 16.1 Å². The third kappa shape index (κ3) is 4.02. The van der Waals surface area contributed by atoms with E-state index in [4.69, 9.17) is 14.6 Å². The molecular weight excluding hydrogens is 426 g/mol. The Morgan fingerprint density at radius 1 is 1.19 bits per heavy atom. The number of hydrogen-bond acceptors (Lipinski definition) is 7. The fourth-order valence-corrected chi connectivity index (χ4v) is 5.49. The number of ether oxygens (including phenoxy) is 1. The Bertz CT molecular complexity index is 1240. The normalized spacial score (nSPS) is 13.0. The highest BCUT2D eigenvalue weighted by atomic mass is 32.1. The van der Waals surface area contributed by atoms with E-state index in [9.17, 15) is 9.59 Å². The highest BCUT2D eigenvalue weighted by Gasteiger charge is 2.27. The third-order valence-electron chi connectivity index (χ3n) is 5.91. The summed E-state index contributed by atoms with van der Waals surface area (Å²) < 4.78 is 10.7. The molecule has 0 bridgehead atoms. The molecule has 2 N–H and O–H groups in total. The second kappa shape index (κ2) is 9.16. The van der Waals surface area contributed by atoms with E-state index in [1.54, 1.807) is 6.07 Å². The Kier molecular flexibility index (Phi) is 6.32. The SMILES string of the molecule is CCN(CC)c1ccc2cc(C(=O)Nc3sc4c(c3C(=O)OC)CCCC4)c(=N)oc2c1. The summed E-state index contributed by atoms with van der Waals surface area (Å²) in [4.78, 5) is 28.8. The van der Waals surface area contributed by atoms with Crippen molar-refractivity contribution < 1.29 is 18.7 Å². The Hall–Kier alpha value is -3.13. The number of benzene rings is 1. The number of anilines is 2. The first-order valence-electron chi connectivity index (χ1n) is 10.9. The fraction of sp³-hybridized carbons (Fsp3) is 0.375. The largest absolute Gasteiger partial charge is 0.465 e. The molecule has 1 aliphatic carbocycles. The van der Waals surface area contributed by atoms with Gasteiger partial charge < -0.3 is 19.4 Å². The van der Waals surface area contributed by atoms with E-state index in [0.717, 1.165) is 60.3 Å². The number of amides is 1. The first kappa shape index (κ1) is 22.1. The topological polar surface area (TPSA) is 95.6 Å². The number of thiophene rings is 1. The molecule has 0 atom stereocenters. The van der Waals surface area contributed by atoms with Crippen LogP contribution in [0.1, 0.15) is 57.8 Å². The van der Waals surface area contributed by atoms with Gasteiger partial charge in [-0.25, -0.2) is 4.79 Å². The Balaban J connectivity index is 1.68. The van der Waals surface area contributed by atoms with E-state index in [2.05, 4.69) is 24.1 Å². The summed E-state index contributed by atoms with van der Waals surface area (Å²) in [6.45, 7) is 5.89. The zero-order valence-electron chi connectivity index (χ0n) is 18.5. The van der Waals surface area contributed by atoms with Crippen LogP contribution in [0.4, 0.5) is 10.7 Å². The minimum Gasteiger partial charge on any atom is -0.465 e. The zero-order chi connectivity index (χ0) is 22.8. The Labute approximate surface area is 190 Å². The minimum absolute atomic E-state index is 0.121. The molecule has 3 aromatic rings. The summed E-state index contributed by atoms with van der Waals surface area (Å²) in [5, 5.41) is 12.3. The number of nitrogens with zero attached hydrogens (tertiary/aromatic N) is 1. The number of aryl methyl sites for hydroxylation is 1. The van der Waals surface area contributed by atoms with Crippen LogP contribution in [0.3, 0.4) is 0 Å². The van der Waals surface area contributed by atoms with Gasteiger partial charge in [-0.2, -0.15) is 0 Å². The van der Waals surface area contributed by atoms with Crippen LogP contribution in [0.15, 0.2) is 28.7 Å². The molecule has 1 aliphatic rings. The van der Waals surface area contributed by atoms with E-state index in [-0.39, 0.29) is 11.1 Å². The molecule has 32 heavy (non-hydrogen) atoms. The van der Waals surface area contributed by atoms with Crippen LogP contribution in [0.5, 0.6) is 0 Å². The molecule has 0 unspecified atom stereocenters. The lowest BCUT2D eigenvalue weighted by atomic mass is 9.95. The average molecular weight is 454 g/mol. The molecule has 1 aromatic carbocycles. The number of nitrogens with one attached hydrogen (secondary N) is 2. The van der Waals surface area contributed by atoms with Gasteiger partial charge in [0.25, 0.3) is 5.91 Å². The Morgan fingerprint density at radius 3 is 2.66 bits per heavy atom. The van der Waals surface area contributed by atoms with Crippen molar-refractivity contribution in [3.05, 3.63) is 51.4 Å². The molecule has 0 radical (unpaired) electrons. The number of methoxy groups -OCH3 is 1. The van der Waals surface area contributed by atoms with Crippen LogP contribution in [0.2, 0.25) is 0 Å². The second-order valence-electron chi connectivity index (χ2n) is 7.74. The lowest BCUT2D eigenvalue weighted by molar-refractivity contribution is 0.0601. The molecule has 1 amide bonds. The maximum Gasteiger partial charge on any atom is 0.341 e. The molecule has 2 heterocycles. The highest BCUT2D eigenvalue weighted by molar-refractivity contribution is 7.17. The monoisotopic (exact) mass is 453 g/mol. The maximum absolute atomic E-state index is 13.1. The first-order chi connectivity index (χ1) is 15.5. The smallest absolute Gasteiger partial charge is 0.341 e. The van der Waals surface area contributed by atoms with E-state index >= 15 is 0 Å². The minimum atomic E-state index is -0.475. The van der Waals surface area contributed by atoms with Gasteiger partial charge >= 0.3 is 5.97 Å². The van der Waals surface area contributed by atoms with Crippen molar-refractivity contribution in [2.75, 3.05) is 30.4 Å². The molecule has 168 valence electrons. The molecule has 0 saturated carbocycles. The van der Waals surface area contributed by atoms with Gasteiger partial charge in [-0.1, -0.05) is 0 Å². The second-order valence-corrected chi connectivity index (χ2v) is 8.85. The van der Waals surface area contributed by atoms with Crippen molar-refractivity contribution in [2.24, 2.45) is 0 Å². The number of carbonyl (C=O) groups is 2. The third-order valence-corrected chi connectivity index (χ3v) is 7.12. The van der Waals surface area contributed by atoms with Gasteiger partial charge in [-0.05, 0) is 63.3 Å². The van der Waals surface area contributed by atoms with Gasteiger partial charge in [-0.15, -0.1) is 11.3 Å². The van der Waals surface area contributed by atoms with Crippen LogP contribution in [0, 0.1) is 5.41 Å². The van der Waals surface area contributed by atoms with Gasteiger partial charge in [0.2, 0.25) is 5.55 Å². The summed E-state index contributed by atoms with van der Waals surface area (Å²) in [7, 11) is 1.34. The zero-order valence-corrected chi connectivity index (χ0v) is 19.4. The average Bonchev–Trinajstić information content (AvgIpc) is 3.16. The van der Waals surface area contributed by atoms with Gasteiger partial charge in [-0.3, -0.25) is 10.2 Å². The number of carbonyl (C=O) groups excluding carboxylic acids is 2. The van der Waals surface area contributed by atoms with Gasteiger partial charge in [0.1, 0.15) is 16.1 Å². The van der Waals surface area contributed by atoms with Crippen molar-refractivity contribution in [1.82, 2.24) is 0 Å². The molecule has 0 spiro atoms. The lowest BCUT2D eigenvalue weighted by Gasteiger charge is -2.21. The summed E-state index contributed by atoms with van der Waals surface area (Å²) >= 11 is 1.42. The van der Waals surface area contributed by atoms with Crippen LogP contribution in [-0.2, 0) is 17.6 Å². The maximum atomic E-state index is 13.1. The van der Waals surface area contributed by atoms with Crippen LogP contribution >= 0.6 is 11.3 Å². The quantitative estimate of drug-likeness (QED) is 0.526. The van der Waals surface area contributed by atoms with Crippen molar-refractivity contribution in [3.8, 4) is 0 Å². The molecule has 2 aromatic heterocycles. The van der Waals surface area contributed by atoms with Gasteiger partial charge in [0.05, 0.1) is 12.7 Å². The van der Waals surface area contributed by atoms with Crippen molar-refractivity contribution in [2.45, 2.75) is 39.5 Å². The van der Waals surface area contributed by atoms with Crippen molar-refractivity contribution in [1.29, 1.82) is 5.41 Å². The summed E-state index contributed by atoms with van der Waals surface area (Å²) in [5.41, 5.74) is 2.88. The predicted molar refractivity (Wildman–Crippen MR) is 126 cm³/mol. The van der Waals surface area contributed by atoms with Crippen molar-refractivity contribution in [3.63, 3.8) is 0 Å². The molecule has 0 aliphatic heterocycles. The van der Waals surface area contributed by atoms with Gasteiger partial charge in [0, 0.05) is 35.1 Å². The molecule has 8 heteroatoms. The molecule has 0 fully saturated rings. The number of fused-ring (bicyclic) bond motifs is 2.